The number of hydrogen-bond donors (Lipinski definition) is 0. The van der Waals surface area contributed by atoms with Crippen LogP contribution in [-0.4, -0.2) is 55.9 Å². The van der Waals surface area contributed by atoms with E-state index in [0.29, 0.717) is 37.8 Å². The summed E-state index contributed by atoms with van der Waals surface area (Å²) >= 11 is 0. The molecular formula is C17H17F3N8. The van der Waals surface area contributed by atoms with Gasteiger partial charge in [0, 0.05) is 50.7 Å². The third kappa shape index (κ3) is 3.73. The molecule has 1 fully saturated rings. The van der Waals surface area contributed by atoms with Gasteiger partial charge in [0.25, 0.3) is 0 Å². The molecule has 0 atom stereocenters. The molecule has 1 saturated heterocycles. The molecule has 1 aliphatic rings. The number of rotatable bonds is 3. The van der Waals surface area contributed by atoms with Crippen LogP contribution in [0.25, 0.3) is 5.82 Å². The lowest BCUT2D eigenvalue weighted by atomic mass is 10.3. The van der Waals surface area contributed by atoms with Crippen LogP contribution >= 0.6 is 0 Å². The first kappa shape index (κ1) is 18.1. The Labute approximate surface area is 158 Å². The second-order valence-electron chi connectivity index (χ2n) is 6.32. The van der Waals surface area contributed by atoms with Crippen LogP contribution in [0, 0.1) is 6.92 Å². The van der Waals surface area contributed by atoms with Crippen molar-refractivity contribution in [2.24, 2.45) is 0 Å². The minimum Gasteiger partial charge on any atom is -0.353 e. The molecule has 4 rings (SSSR count). The third-order valence-electron chi connectivity index (χ3n) is 4.42. The van der Waals surface area contributed by atoms with E-state index < -0.39 is 11.9 Å². The highest BCUT2D eigenvalue weighted by Gasteiger charge is 2.33. The standard InChI is InChI=1S/C17H17F3N8/c1-12-24-15(10-16(25-12)28-4-2-3-23-28)27-7-5-26(6-8-27)14-9-13(17(18,19)20)21-11-22-14/h2-4,9-11H,5-8H2,1H3. The van der Waals surface area contributed by atoms with Crippen molar-refractivity contribution in [3.8, 4) is 5.82 Å². The summed E-state index contributed by atoms with van der Waals surface area (Å²) in [5.41, 5.74) is -0.935. The molecule has 0 saturated carbocycles. The number of aromatic nitrogens is 6. The van der Waals surface area contributed by atoms with Crippen LogP contribution in [0.5, 0.6) is 0 Å². The van der Waals surface area contributed by atoms with E-state index in [2.05, 4.69) is 29.9 Å². The van der Waals surface area contributed by atoms with Crippen molar-refractivity contribution in [2.75, 3.05) is 36.0 Å². The summed E-state index contributed by atoms with van der Waals surface area (Å²) in [5.74, 6) is 2.32. The van der Waals surface area contributed by atoms with Gasteiger partial charge in [0.1, 0.15) is 29.5 Å². The number of nitrogens with zero attached hydrogens (tertiary/aromatic N) is 8. The first-order valence-electron chi connectivity index (χ1n) is 8.65. The molecule has 0 spiro atoms. The van der Waals surface area contributed by atoms with Crippen molar-refractivity contribution in [3.05, 3.63) is 48.4 Å². The highest BCUT2D eigenvalue weighted by molar-refractivity contribution is 5.48. The van der Waals surface area contributed by atoms with Gasteiger partial charge in [-0.25, -0.2) is 24.6 Å². The second-order valence-corrected chi connectivity index (χ2v) is 6.32. The molecule has 0 unspecified atom stereocenters. The van der Waals surface area contributed by atoms with Crippen LogP contribution in [0.4, 0.5) is 24.8 Å². The zero-order valence-electron chi connectivity index (χ0n) is 15.0. The van der Waals surface area contributed by atoms with Crippen molar-refractivity contribution in [1.29, 1.82) is 0 Å². The Bertz CT molecular complexity index is 949. The van der Waals surface area contributed by atoms with Crippen LogP contribution in [0.15, 0.2) is 36.9 Å². The molecule has 3 aromatic rings. The molecule has 8 nitrogen and oxygen atoms in total. The second kappa shape index (κ2) is 7.06. The van der Waals surface area contributed by atoms with Gasteiger partial charge in [0.2, 0.25) is 0 Å². The molecule has 1 aliphatic heterocycles. The van der Waals surface area contributed by atoms with Crippen molar-refractivity contribution < 1.29 is 13.2 Å². The summed E-state index contributed by atoms with van der Waals surface area (Å²) in [5, 5.41) is 4.19. The number of piperazine rings is 1. The van der Waals surface area contributed by atoms with E-state index in [0.717, 1.165) is 18.2 Å². The van der Waals surface area contributed by atoms with Crippen molar-refractivity contribution in [1.82, 2.24) is 29.7 Å². The first-order valence-corrected chi connectivity index (χ1v) is 8.65. The predicted octanol–water partition coefficient (Wildman–Crippen LogP) is 2.11. The highest BCUT2D eigenvalue weighted by Crippen LogP contribution is 2.29. The van der Waals surface area contributed by atoms with Crippen LogP contribution in [0.3, 0.4) is 0 Å². The van der Waals surface area contributed by atoms with Crippen LogP contribution < -0.4 is 9.80 Å². The molecular weight excluding hydrogens is 373 g/mol. The third-order valence-corrected chi connectivity index (χ3v) is 4.42. The number of halogens is 3. The molecule has 0 amide bonds. The van der Waals surface area contributed by atoms with Gasteiger partial charge in [0.05, 0.1) is 0 Å². The van der Waals surface area contributed by atoms with Gasteiger partial charge in [-0.3, -0.25) is 0 Å². The largest absolute Gasteiger partial charge is 0.433 e. The first-order chi connectivity index (χ1) is 13.4. The predicted molar refractivity (Wildman–Crippen MR) is 95.4 cm³/mol. The Kier molecular flexibility index (Phi) is 4.57. The van der Waals surface area contributed by atoms with E-state index >= 15 is 0 Å². The summed E-state index contributed by atoms with van der Waals surface area (Å²) in [6, 6.07) is 4.65. The van der Waals surface area contributed by atoms with Gasteiger partial charge < -0.3 is 9.80 Å². The fraction of sp³-hybridized carbons (Fsp3) is 0.353. The summed E-state index contributed by atoms with van der Waals surface area (Å²) < 4.78 is 40.3. The molecule has 11 heteroatoms. The zero-order valence-corrected chi connectivity index (χ0v) is 15.0. The zero-order chi connectivity index (χ0) is 19.7. The van der Waals surface area contributed by atoms with Crippen molar-refractivity contribution in [3.63, 3.8) is 0 Å². The van der Waals surface area contributed by atoms with Gasteiger partial charge in [-0.1, -0.05) is 0 Å². The lowest BCUT2D eigenvalue weighted by Gasteiger charge is -2.36. The topological polar surface area (TPSA) is 75.9 Å². The molecule has 0 aliphatic carbocycles. The van der Waals surface area contributed by atoms with Gasteiger partial charge in [-0.15, -0.1) is 0 Å². The molecule has 146 valence electrons. The lowest BCUT2D eigenvalue weighted by Crippen LogP contribution is -2.47. The van der Waals surface area contributed by atoms with Crippen molar-refractivity contribution >= 4 is 11.6 Å². The molecule has 0 N–H and O–H groups in total. The maximum atomic E-state index is 12.9. The van der Waals surface area contributed by atoms with Crippen LogP contribution in [0.1, 0.15) is 11.5 Å². The average molecular weight is 390 g/mol. The Hall–Kier alpha value is -3.24. The maximum Gasteiger partial charge on any atom is 0.433 e. The van der Waals surface area contributed by atoms with E-state index in [-0.39, 0.29) is 5.82 Å². The number of anilines is 2. The van der Waals surface area contributed by atoms with E-state index in [4.69, 9.17) is 0 Å². The Morgan fingerprint density at radius 3 is 2.21 bits per heavy atom. The smallest absolute Gasteiger partial charge is 0.353 e. The average Bonchev–Trinajstić information content (AvgIpc) is 3.22. The SMILES string of the molecule is Cc1nc(N2CCN(c3cc(C(F)(F)F)ncn3)CC2)cc(-n2cccn2)n1. The number of hydrogen-bond acceptors (Lipinski definition) is 7. The van der Waals surface area contributed by atoms with E-state index in [9.17, 15) is 13.2 Å². The molecule has 0 aromatic carbocycles. The Morgan fingerprint density at radius 1 is 0.893 bits per heavy atom. The summed E-state index contributed by atoms with van der Waals surface area (Å²) in [6.07, 6.45) is -0.0563. The number of alkyl halides is 3. The van der Waals surface area contributed by atoms with Crippen molar-refractivity contribution in [2.45, 2.75) is 13.1 Å². The monoisotopic (exact) mass is 390 g/mol. The number of aryl methyl sites for hydroxylation is 1. The molecule has 0 radical (unpaired) electrons. The molecule has 3 aromatic heterocycles. The molecule has 4 heterocycles. The summed E-state index contributed by atoms with van der Waals surface area (Å²) in [7, 11) is 0. The normalized spacial score (nSPS) is 15.1. The Balaban J connectivity index is 1.49. The molecule has 28 heavy (non-hydrogen) atoms. The van der Waals surface area contributed by atoms with Gasteiger partial charge >= 0.3 is 6.18 Å². The lowest BCUT2D eigenvalue weighted by molar-refractivity contribution is -0.141. The minimum atomic E-state index is -4.49. The fourth-order valence-electron chi connectivity index (χ4n) is 3.06. The Morgan fingerprint density at radius 2 is 1.57 bits per heavy atom. The molecule has 0 bridgehead atoms. The van der Waals surface area contributed by atoms with Crippen LogP contribution in [-0.2, 0) is 6.18 Å². The van der Waals surface area contributed by atoms with Gasteiger partial charge in [-0.2, -0.15) is 18.3 Å². The van der Waals surface area contributed by atoms with Crippen LogP contribution in [0.2, 0.25) is 0 Å². The summed E-state index contributed by atoms with van der Waals surface area (Å²) in [6.45, 7) is 4.05. The minimum absolute atomic E-state index is 0.276. The highest BCUT2D eigenvalue weighted by atomic mass is 19.4. The van der Waals surface area contributed by atoms with E-state index in [1.165, 1.54) is 0 Å². The summed E-state index contributed by atoms with van der Waals surface area (Å²) in [4.78, 5) is 20.1. The van der Waals surface area contributed by atoms with Gasteiger partial charge in [-0.05, 0) is 13.0 Å². The van der Waals surface area contributed by atoms with E-state index in [1.54, 1.807) is 17.1 Å². The maximum absolute atomic E-state index is 12.9. The van der Waals surface area contributed by atoms with Gasteiger partial charge in [0.15, 0.2) is 5.82 Å². The van der Waals surface area contributed by atoms with E-state index in [1.807, 2.05) is 24.0 Å². The fourth-order valence-corrected chi connectivity index (χ4v) is 3.06. The quantitative estimate of drug-likeness (QED) is 0.678.